The zero-order valence-corrected chi connectivity index (χ0v) is 13.1. The smallest absolute Gasteiger partial charge is 0.162 e. The molecule has 5 nitrogen and oxygen atoms in total. The predicted octanol–water partition coefficient (Wildman–Crippen LogP) is 2.12. The summed E-state index contributed by atoms with van der Waals surface area (Å²) in [5.74, 6) is 0.672. The molecule has 0 bridgehead atoms. The van der Waals surface area contributed by atoms with Crippen molar-refractivity contribution in [2.45, 2.75) is 51.2 Å². The van der Waals surface area contributed by atoms with E-state index in [4.69, 9.17) is 4.74 Å². The molecule has 1 unspecified atom stereocenters. The Bertz CT molecular complexity index is 434. The van der Waals surface area contributed by atoms with E-state index in [0.29, 0.717) is 5.75 Å². The molecule has 2 rings (SSSR count). The predicted molar refractivity (Wildman–Crippen MR) is 78.8 cm³/mol. The number of methoxy groups -OCH3 is 1. The largest absolute Gasteiger partial charge is 0.493 e. The summed E-state index contributed by atoms with van der Waals surface area (Å²) in [6.45, 7) is 6.46. The average Bonchev–Trinajstić information content (AvgIpc) is 3.10. The van der Waals surface area contributed by atoms with Crippen LogP contribution in [-0.2, 0) is 7.05 Å². The fraction of sp³-hybridized carbons (Fsp3) is 0.800. The summed E-state index contributed by atoms with van der Waals surface area (Å²) in [7, 11) is 3.49. The Hall–Kier alpha value is -1.07. The number of ether oxygens (including phenoxy) is 1. The number of aliphatic hydroxyl groups excluding tert-OH is 1. The van der Waals surface area contributed by atoms with Gasteiger partial charge in [-0.25, -0.2) is 0 Å². The minimum Gasteiger partial charge on any atom is -0.493 e. The van der Waals surface area contributed by atoms with E-state index in [1.54, 1.807) is 18.0 Å². The third kappa shape index (κ3) is 2.33. The third-order valence-electron chi connectivity index (χ3n) is 4.90. The van der Waals surface area contributed by atoms with Crippen LogP contribution in [0.25, 0.3) is 0 Å². The van der Waals surface area contributed by atoms with Crippen molar-refractivity contribution in [2.75, 3.05) is 20.2 Å². The van der Waals surface area contributed by atoms with E-state index in [0.717, 1.165) is 31.6 Å². The molecule has 1 fully saturated rings. The van der Waals surface area contributed by atoms with E-state index in [1.807, 2.05) is 7.05 Å². The van der Waals surface area contributed by atoms with Gasteiger partial charge < -0.3 is 9.84 Å². The fourth-order valence-corrected chi connectivity index (χ4v) is 3.57. The molecule has 5 heteroatoms. The van der Waals surface area contributed by atoms with Crippen LogP contribution in [0.15, 0.2) is 6.20 Å². The highest BCUT2D eigenvalue weighted by molar-refractivity contribution is 5.30. The van der Waals surface area contributed by atoms with E-state index in [9.17, 15) is 5.11 Å². The molecular weight excluding hydrogens is 254 g/mol. The van der Waals surface area contributed by atoms with Crippen LogP contribution in [0.3, 0.4) is 0 Å². The molecule has 20 heavy (non-hydrogen) atoms. The summed E-state index contributed by atoms with van der Waals surface area (Å²) in [4.78, 5) is 2.45. The van der Waals surface area contributed by atoms with Crippen molar-refractivity contribution in [1.82, 2.24) is 14.7 Å². The van der Waals surface area contributed by atoms with Gasteiger partial charge in [0.25, 0.3) is 0 Å². The van der Waals surface area contributed by atoms with Crippen LogP contribution in [0.5, 0.6) is 5.75 Å². The molecule has 1 aliphatic heterocycles. The first-order valence-electron chi connectivity index (χ1n) is 7.59. The maximum absolute atomic E-state index is 11.1. The van der Waals surface area contributed by atoms with Crippen molar-refractivity contribution >= 4 is 0 Å². The highest BCUT2D eigenvalue weighted by Gasteiger charge is 2.44. The minimum atomic E-state index is -0.585. The van der Waals surface area contributed by atoms with E-state index in [1.165, 1.54) is 12.8 Å². The lowest BCUT2D eigenvalue weighted by Gasteiger charge is -2.44. The normalized spacial score (nSPS) is 18.4. The summed E-state index contributed by atoms with van der Waals surface area (Å²) < 4.78 is 7.11. The Labute approximate surface area is 121 Å². The van der Waals surface area contributed by atoms with Crippen LogP contribution in [0.4, 0.5) is 0 Å². The molecule has 0 aromatic carbocycles. The van der Waals surface area contributed by atoms with E-state index < -0.39 is 6.10 Å². The van der Waals surface area contributed by atoms with E-state index in [2.05, 4.69) is 23.8 Å². The van der Waals surface area contributed by atoms with Gasteiger partial charge in [-0.2, -0.15) is 5.10 Å². The average molecular weight is 281 g/mol. The first-order chi connectivity index (χ1) is 9.60. The Kier molecular flexibility index (Phi) is 4.70. The number of aryl methyl sites for hydroxylation is 1. The molecule has 2 heterocycles. The third-order valence-corrected chi connectivity index (χ3v) is 4.90. The zero-order valence-electron chi connectivity index (χ0n) is 13.1. The van der Waals surface area contributed by atoms with Crippen molar-refractivity contribution in [3.63, 3.8) is 0 Å². The number of likely N-dealkylation sites (tertiary alicyclic amines) is 1. The van der Waals surface area contributed by atoms with Gasteiger partial charge in [-0.1, -0.05) is 13.8 Å². The monoisotopic (exact) mass is 281 g/mol. The number of rotatable bonds is 6. The molecule has 1 aromatic heterocycles. The lowest BCUT2D eigenvalue weighted by molar-refractivity contribution is -0.0345. The van der Waals surface area contributed by atoms with E-state index in [-0.39, 0.29) is 5.54 Å². The topological polar surface area (TPSA) is 50.5 Å². The molecule has 0 radical (unpaired) electrons. The van der Waals surface area contributed by atoms with Crippen molar-refractivity contribution in [3.8, 4) is 5.75 Å². The SMILES string of the molecule is CCC(CC)(C(O)c1c(OC)cnn1C)N1CCCC1. The van der Waals surface area contributed by atoms with Gasteiger partial charge in [-0.15, -0.1) is 0 Å². The van der Waals surface area contributed by atoms with Gasteiger partial charge in [0.1, 0.15) is 11.8 Å². The van der Waals surface area contributed by atoms with Gasteiger partial charge in [0.05, 0.1) is 18.8 Å². The lowest BCUT2D eigenvalue weighted by Crippen LogP contribution is -2.51. The molecule has 0 amide bonds. The maximum Gasteiger partial charge on any atom is 0.162 e. The van der Waals surface area contributed by atoms with Crippen molar-refractivity contribution < 1.29 is 9.84 Å². The van der Waals surface area contributed by atoms with Crippen LogP contribution in [-0.4, -0.2) is 45.5 Å². The van der Waals surface area contributed by atoms with Crippen LogP contribution >= 0.6 is 0 Å². The second kappa shape index (κ2) is 6.14. The summed E-state index contributed by atoms with van der Waals surface area (Å²) in [6, 6.07) is 0. The Morgan fingerprint density at radius 3 is 2.45 bits per heavy atom. The second-order valence-electron chi connectivity index (χ2n) is 5.63. The Morgan fingerprint density at radius 1 is 1.35 bits per heavy atom. The number of aromatic nitrogens is 2. The summed E-state index contributed by atoms with van der Waals surface area (Å²) in [6.07, 6.45) is 5.36. The number of hydrogen-bond acceptors (Lipinski definition) is 4. The lowest BCUT2D eigenvalue weighted by atomic mass is 9.82. The first-order valence-corrected chi connectivity index (χ1v) is 7.59. The van der Waals surface area contributed by atoms with Gasteiger partial charge in [0.15, 0.2) is 5.75 Å². The summed E-state index contributed by atoms with van der Waals surface area (Å²) in [5, 5.41) is 15.3. The second-order valence-corrected chi connectivity index (χ2v) is 5.63. The molecule has 1 saturated heterocycles. The van der Waals surface area contributed by atoms with Gasteiger partial charge in [0, 0.05) is 7.05 Å². The summed E-state index contributed by atoms with van der Waals surface area (Å²) >= 11 is 0. The number of hydrogen-bond donors (Lipinski definition) is 1. The molecule has 1 N–H and O–H groups in total. The van der Waals surface area contributed by atoms with Crippen molar-refractivity contribution in [3.05, 3.63) is 11.9 Å². The summed E-state index contributed by atoms with van der Waals surface area (Å²) in [5.41, 5.74) is 0.556. The molecule has 114 valence electrons. The Balaban J connectivity index is 2.40. The molecular formula is C15H27N3O2. The zero-order chi connectivity index (χ0) is 14.8. The van der Waals surface area contributed by atoms with Gasteiger partial charge in [0.2, 0.25) is 0 Å². The van der Waals surface area contributed by atoms with Gasteiger partial charge >= 0.3 is 0 Å². The van der Waals surface area contributed by atoms with Crippen molar-refractivity contribution in [2.24, 2.45) is 7.05 Å². The molecule has 1 aliphatic rings. The number of aliphatic hydroxyl groups is 1. The molecule has 1 aromatic rings. The molecule has 1 atom stereocenters. The quantitative estimate of drug-likeness (QED) is 0.867. The highest BCUT2D eigenvalue weighted by atomic mass is 16.5. The Morgan fingerprint density at radius 2 is 1.95 bits per heavy atom. The van der Waals surface area contributed by atoms with Crippen LogP contribution in [0, 0.1) is 0 Å². The highest BCUT2D eigenvalue weighted by Crippen LogP contribution is 2.41. The standard InChI is InChI=1S/C15H27N3O2/c1-5-15(6-2,18-9-7-8-10-18)14(19)13-12(20-4)11-16-17(13)3/h11,14,19H,5-10H2,1-4H3. The van der Waals surface area contributed by atoms with Crippen LogP contribution < -0.4 is 4.74 Å². The van der Waals surface area contributed by atoms with Crippen LogP contribution in [0.2, 0.25) is 0 Å². The molecule has 0 spiro atoms. The minimum absolute atomic E-state index is 0.225. The maximum atomic E-state index is 11.1. The first kappa shape index (κ1) is 15.3. The van der Waals surface area contributed by atoms with E-state index >= 15 is 0 Å². The fourth-order valence-electron chi connectivity index (χ4n) is 3.57. The van der Waals surface area contributed by atoms with Gasteiger partial charge in [-0.05, 0) is 38.8 Å². The number of nitrogens with zero attached hydrogens (tertiary/aromatic N) is 3. The van der Waals surface area contributed by atoms with Crippen LogP contribution in [0.1, 0.15) is 51.3 Å². The van der Waals surface area contributed by atoms with Gasteiger partial charge in [-0.3, -0.25) is 9.58 Å². The molecule has 0 saturated carbocycles. The van der Waals surface area contributed by atoms with Crippen molar-refractivity contribution in [1.29, 1.82) is 0 Å². The molecule has 0 aliphatic carbocycles.